The minimum atomic E-state index is -0.423. The Kier molecular flexibility index (Phi) is 3.77. The molecular formula is C20H23FN4O2S. The number of nitrogens with one attached hydrogen (secondary N) is 1. The fourth-order valence-electron chi connectivity index (χ4n) is 4.36. The normalized spacial score (nSPS) is 20.6. The van der Waals surface area contributed by atoms with E-state index >= 15 is 4.39 Å². The van der Waals surface area contributed by atoms with E-state index in [9.17, 15) is 9.59 Å². The number of hydrogen-bond acceptors (Lipinski definition) is 5. The maximum Gasteiger partial charge on any atom is 0.271 e. The number of aromatic nitrogens is 2. The second kappa shape index (κ2) is 5.90. The molecule has 2 aromatic heterocycles. The highest BCUT2D eigenvalue weighted by Gasteiger charge is 2.34. The summed E-state index contributed by atoms with van der Waals surface area (Å²) in [5.41, 5.74) is 6.39. The van der Waals surface area contributed by atoms with Crippen molar-refractivity contribution in [2.45, 2.75) is 44.7 Å². The maximum atomic E-state index is 15.0. The molecule has 0 radical (unpaired) electrons. The van der Waals surface area contributed by atoms with Gasteiger partial charge in [-0.3, -0.25) is 14.0 Å². The third-order valence-corrected chi connectivity index (χ3v) is 7.07. The van der Waals surface area contributed by atoms with E-state index < -0.39 is 16.8 Å². The molecule has 5 rings (SSSR count). The first-order valence-electron chi connectivity index (χ1n) is 9.68. The topological polar surface area (TPSA) is 84.1 Å². The fourth-order valence-corrected chi connectivity index (χ4v) is 5.29. The summed E-state index contributed by atoms with van der Waals surface area (Å²) in [7, 11) is 0. The quantitative estimate of drug-likeness (QED) is 0.706. The second-order valence-electron chi connectivity index (χ2n) is 8.72. The molecule has 0 spiro atoms. The van der Waals surface area contributed by atoms with E-state index in [0.717, 1.165) is 25.8 Å². The van der Waals surface area contributed by atoms with Crippen molar-refractivity contribution >= 4 is 38.3 Å². The molecule has 0 bridgehead atoms. The summed E-state index contributed by atoms with van der Waals surface area (Å²) in [4.78, 5) is 27.8. The van der Waals surface area contributed by atoms with E-state index in [0.29, 0.717) is 22.6 Å². The summed E-state index contributed by atoms with van der Waals surface area (Å²) in [5, 5.41) is 0.419. The van der Waals surface area contributed by atoms with Crippen molar-refractivity contribution < 1.29 is 4.39 Å². The molecule has 0 amide bonds. The van der Waals surface area contributed by atoms with Crippen LogP contribution in [0.25, 0.3) is 21.1 Å². The van der Waals surface area contributed by atoms with Gasteiger partial charge in [0, 0.05) is 30.1 Å². The first-order chi connectivity index (χ1) is 13.3. The van der Waals surface area contributed by atoms with Gasteiger partial charge in [-0.1, -0.05) is 0 Å². The lowest BCUT2D eigenvalue weighted by atomic mass is 9.88. The van der Waals surface area contributed by atoms with E-state index in [-0.39, 0.29) is 28.3 Å². The Morgan fingerprint density at radius 2 is 2.00 bits per heavy atom. The Morgan fingerprint density at radius 1 is 1.25 bits per heavy atom. The molecule has 1 saturated carbocycles. The highest BCUT2D eigenvalue weighted by atomic mass is 32.1. The molecule has 3 N–H and O–H groups in total. The number of fused-ring (bicyclic) bond motifs is 2. The third kappa shape index (κ3) is 2.62. The van der Waals surface area contributed by atoms with Crippen LogP contribution >= 0.6 is 11.5 Å². The van der Waals surface area contributed by atoms with Crippen molar-refractivity contribution in [3.8, 4) is 0 Å². The van der Waals surface area contributed by atoms with E-state index in [1.807, 2.05) is 18.7 Å². The Hall–Kier alpha value is -2.19. The van der Waals surface area contributed by atoms with Crippen molar-refractivity contribution in [1.82, 2.24) is 8.94 Å². The summed E-state index contributed by atoms with van der Waals surface area (Å²) in [5.74, 6) is -0.140. The molecule has 148 valence electrons. The van der Waals surface area contributed by atoms with Gasteiger partial charge in [0.15, 0.2) is 0 Å². The Balaban J connectivity index is 1.73. The standard InChI is InChI=1S/C20H23FN4O2S/c1-20(2,22)10-5-6-24(9-10)15-8-14-12(7-13(15)21)17(26)16-18(27)23-28-19(16)25(14)11-3-4-11/h7-8,10-11H,3-6,9,22H2,1-2H3,(H,23,27)/t10-/m0/s1. The number of nitrogens with zero attached hydrogens (tertiary/aromatic N) is 2. The highest BCUT2D eigenvalue weighted by Crippen LogP contribution is 2.41. The number of halogens is 1. The third-order valence-electron chi connectivity index (χ3n) is 6.19. The number of hydrogen-bond donors (Lipinski definition) is 2. The molecule has 2 fully saturated rings. The van der Waals surface area contributed by atoms with Gasteiger partial charge >= 0.3 is 0 Å². The number of pyridine rings is 1. The summed E-state index contributed by atoms with van der Waals surface area (Å²) in [6.45, 7) is 5.45. The van der Waals surface area contributed by atoms with Gasteiger partial charge in [-0.2, -0.15) is 0 Å². The summed E-state index contributed by atoms with van der Waals surface area (Å²) >= 11 is 1.19. The van der Waals surface area contributed by atoms with Crippen LogP contribution < -0.4 is 21.6 Å². The highest BCUT2D eigenvalue weighted by molar-refractivity contribution is 7.12. The van der Waals surface area contributed by atoms with E-state index in [2.05, 4.69) is 8.94 Å². The van der Waals surface area contributed by atoms with Crippen molar-refractivity contribution in [3.05, 3.63) is 38.5 Å². The van der Waals surface area contributed by atoms with Crippen molar-refractivity contribution in [2.24, 2.45) is 11.7 Å². The lowest BCUT2D eigenvalue weighted by Crippen LogP contribution is -2.42. The van der Waals surface area contributed by atoms with Crippen LogP contribution in [0.3, 0.4) is 0 Å². The van der Waals surface area contributed by atoms with Gasteiger partial charge in [-0.25, -0.2) is 4.39 Å². The lowest BCUT2D eigenvalue weighted by Gasteiger charge is -2.27. The lowest BCUT2D eigenvalue weighted by molar-refractivity contribution is 0.348. The molecule has 28 heavy (non-hydrogen) atoms. The zero-order chi connectivity index (χ0) is 19.8. The van der Waals surface area contributed by atoms with Gasteiger partial charge in [0.1, 0.15) is 16.0 Å². The monoisotopic (exact) mass is 402 g/mol. The fraction of sp³-hybridized carbons (Fsp3) is 0.500. The van der Waals surface area contributed by atoms with Crippen molar-refractivity contribution in [3.63, 3.8) is 0 Å². The molecule has 1 saturated heterocycles. The molecule has 1 aliphatic heterocycles. The van der Waals surface area contributed by atoms with Crippen LogP contribution in [-0.4, -0.2) is 27.6 Å². The van der Waals surface area contributed by atoms with Crippen LogP contribution in [-0.2, 0) is 0 Å². The first kappa shape index (κ1) is 17.9. The van der Waals surface area contributed by atoms with E-state index in [1.54, 1.807) is 6.07 Å². The van der Waals surface area contributed by atoms with Gasteiger partial charge < -0.3 is 15.2 Å². The number of H-pyrrole nitrogens is 1. The summed E-state index contributed by atoms with van der Waals surface area (Å²) in [6, 6.07) is 3.35. The SMILES string of the molecule is CC(C)(N)[C@H]1CCN(c2cc3c(cc2F)c(=O)c2c(=O)[nH]sc2n3C2CC2)C1. The van der Waals surface area contributed by atoms with Gasteiger partial charge in [0.05, 0.1) is 11.2 Å². The number of nitrogens with two attached hydrogens (primary N) is 1. The zero-order valence-corrected chi connectivity index (χ0v) is 16.7. The average molecular weight is 402 g/mol. The number of benzene rings is 1. The number of anilines is 1. The average Bonchev–Trinajstić information content (AvgIpc) is 3.19. The molecule has 1 aliphatic carbocycles. The van der Waals surface area contributed by atoms with Crippen molar-refractivity contribution in [1.29, 1.82) is 0 Å². The molecule has 8 heteroatoms. The molecule has 1 aromatic carbocycles. The minimum absolute atomic E-state index is 0.141. The van der Waals surface area contributed by atoms with Crippen LogP contribution in [0.1, 0.15) is 39.2 Å². The van der Waals surface area contributed by atoms with E-state index in [1.165, 1.54) is 17.6 Å². The van der Waals surface area contributed by atoms with Gasteiger partial charge in [-0.15, -0.1) is 0 Å². The molecule has 3 aromatic rings. The molecule has 6 nitrogen and oxygen atoms in total. The molecule has 2 aliphatic rings. The number of rotatable bonds is 3. The van der Waals surface area contributed by atoms with Crippen LogP contribution in [0.2, 0.25) is 0 Å². The van der Waals surface area contributed by atoms with Crippen LogP contribution in [0, 0.1) is 11.7 Å². The van der Waals surface area contributed by atoms with Gasteiger partial charge in [-0.05, 0) is 62.7 Å². The molecule has 1 atom stereocenters. The van der Waals surface area contributed by atoms with Crippen LogP contribution in [0.15, 0.2) is 21.7 Å². The summed E-state index contributed by atoms with van der Waals surface area (Å²) < 4.78 is 19.8. The number of aromatic amines is 1. The first-order valence-corrected chi connectivity index (χ1v) is 10.5. The Morgan fingerprint density at radius 3 is 2.64 bits per heavy atom. The molecule has 3 heterocycles. The second-order valence-corrected chi connectivity index (χ2v) is 9.51. The Bertz CT molecular complexity index is 1220. The van der Waals surface area contributed by atoms with Crippen LogP contribution in [0.4, 0.5) is 10.1 Å². The van der Waals surface area contributed by atoms with Gasteiger partial charge in [0.25, 0.3) is 5.56 Å². The predicted octanol–water partition coefficient (Wildman–Crippen LogP) is 2.94. The molecule has 0 unspecified atom stereocenters. The van der Waals surface area contributed by atoms with Crippen LogP contribution in [0.5, 0.6) is 0 Å². The summed E-state index contributed by atoms with van der Waals surface area (Å²) in [6.07, 6.45) is 2.91. The predicted molar refractivity (Wildman–Crippen MR) is 111 cm³/mol. The van der Waals surface area contributed by atoms with Gasteiger partial charge in [0.2, 0.25) is 5.43 Å². The van der Waals surface area contributed by atoms with Crippen molar-refractivity contribution in [2.75, 3.05) is 18.0 Å². The maximum absolute atomic E-state index is 15.0. The van der Waals surface area contributed by atoms with E-state index in [4.69, 9.17) is 5.73 Å². The smallest absolute Gasteiger partial charge is 0.271 e. The largest absolute Gasteiger partial charge is 0.369 e. The Labute approximate surface area is 164 Å². The minimum Gasteiger partial charge on any atom is -0.369 e. The zero-order valence-electron chi connectivity index (χ0n) is 15.9. The molecular weight excluding hydrogens is 379 g/mol.